The first-order valence-electron chi connectivity index (χ1n) is 12.4. The summed E-state index contributed by atoms with van der Waals surface area (Å²) in [5, 5.41) is 1.25. The Bertz CT molecular complexity index is 1340. The van der Waals surface area contributed by atoms with E-state index < -0.39 is 0 Å². The molecule has 176 valence electrons. The standard InChI is InChI=1S/C28H31N3O2S/c1-33-26-15-21(18-32)14-23-27(26)30(11-8-19-9-12-34-13-10-19)28(29-23)25-16-22-4-2-3-5-24(22)31(25)17-20-6-7-20/h2-5,14-16,18-20H,6-13,17H2,1H3. The predicted octanol–water partition coefficient (Wildman–Crippen LogP) is 6.42. The molecular formula is C28H31N3O2S. The fourth-order valence-electron chi connectivity index (χ4n) is 5.39. The topological polar surface area (TPSA) is 49.0 Å². The van der Waals surface area contributed by atoms with E-state index in [4.69, 9.17) is 9.72 Å². The minimum absolute atomic E-state index is 0.600. The van der Waals surface area contributed by atoms with Crippen molar-refractivity contribution in [3.63, 3.8) is 0 Å². The Labute approximate surface area is 204 Å². The largest absolute Gasteiger partial charge is 0.494 e. The van der Waals surface area contributed by atoms with Crippen molar-refractivity contribution < 1.29 is 9.53 Å². The van der Waals surface area contributed by atoms with E-state index in [2.05, 4.69) is 51.2 Å². The Balaban J connectivity index is 1.53. The number of para-hydroxylation sites is 1. The number of carbonyl (C=O) groups excluding carboxylic acids is 1. The highest BCUT2D eigenvalue weighted by atomic mass is 32.2. The Morgan fingerprint density at radius 2 is 1.88 bits per heavy atom. The number of aromatic nitrogens is 3. The number of benzene rings is 2. The zero-order valence-corrected chi connectivity index (χ0v) is 20.5. The van der Waals surface area contributed by atoms with Crippen LogP contribution in [0.5, 0.6) is 5.75 Å². The molecule has 2 aromatic carbocycles. The van der Waals surface area contributed by atoms with Gasteiger partial charge >= 0.3 is 0 Å². The number of thioether (sulfide) groups is 1. The zero-order chi connectivity index (χ0) is 23.1. The molecule has 0 unspecified atom stereocenters. The number of aryl methyl sites for hydroxylation is 1. The summed E-state index contributed by atoms with van der Waals surface area (Å²) in [4.78, 5) is 16.8. The van der Waals surface area contributed by atoms with Crippen LogP contribution in [-0.2, 0) is 13.1 Å². The average Bonchev–Trinajstić information content (AvgIpc) is 3.53. The predicted molar refractivity (Wildman–Crippen MR) is 140 cm³/mol. The van der Waals surface area contributed by atoms with Gasteiger partial charge in [0.1, 0.15) is 17.6 Å². The molecule has 0 radical (unpaired) electrons. The second-order valence-electron chi connectivity index (χ2n) is 9.78. The molecule has 1 aliphatic carbocycles. The fraction of sp³-hybridized carbons (Fsp3) is 0.429. The first kappa shape index (κ1) is 21.8. The van der Waals surface area contributed by atoms with Crippen molar-refractivity contribution in [2.24, 2.45) is 11.8 Å². The molecular weight excluding hydrogens is 442 g/mol. The number of rotatable bonds is 8. The number of imidazole rings is 1. The van der Waals surface area contributed by atoms with Crippen LogP contribution in [-0.4, -0.2) is 39.0 Å². The van der Waals surface area contributed by atoms with Gasteiger partial charge < -0.3 is 13.9 Å². The molecule has 1 saturated heterocycles. The van der Waals surface area contributed by atoms with E-state index >= 15 is 0 Å². The monoisotopic (exact) mass is 473 g/mol. The molecule has 0 atom stereocenters. The Kier molecular flexibility index (Phi) is 5.85. The van der Waals surface area contributed by atoms with Crippen LogP contribution in [0.1, 0.15) is 42.5 Å². The lowest BCUT2D eigenvalue weighted by Gasteiger charge is -2.22. The van der Waals surface area contributed by atoms with Crippen LogP contribution in [0, 0.1) is 11.8 Å². The first-order valence-corrected chi connectivity index (χ1v) is 13.6. The Morgan fingerprint density at radius 3 is 2.65 bits per heavy atom. The van der Waals surface area contributed by atoms with E-state index in [-0.39, 0.29) is 0 Å². The third-order valence-electron chi connectivity index (χ3n) is 7.46. The van der Waals surface area contributed by atoms with Crippen LogP contribution in [0.3, 0.4) is 0 Å². The van der Waals surface area contributed by atoms with Gasteiger partial charge in [-0.3, -0.25) is 4.79 Å². The lowest BCUT2D eigenvalue weighted by atomic mass is 9.99. The number of methoxy groups -OCH3 is 1. The Hall–Kier alpha value is -2.73. The van der Waals surface area contributed by atoms with Crippen LogP contribution in [0.4, 0.5) is 0 Å². The summed E-state index contributed by atoms with van der Waals surface area (Å²) in [6.07, 6.45) is 7.21. The molecule has 0 N–H and O–H groups in total. The molecule has 2 fully saturated rings. The summed E-state index contributed by atoms with van der Waals surface area (Å²) in [6.45, 7) is 1.94. The maximum atomic E-state index is 11.6. The van der Waals surface area contributed by atoms with Gasteiger partial charge in [0, 0.05) is 29.6 Å². The highest BCUT2D eigenvalue weighted by Crippen LogP contribution is 2.38. The molecule has 5 nitrogen and oxygen atoms in total. The minimum Gasteiger partial charge on any atom is -0.494 e. The molecule has 0 amide bonds. The van der Waals surface area contributed by atoms with Gasteiger partial charge in [-0.15, -0.1) is 0 Å². The van der Waals surface area contributed by atoms with Gasteiger partial charge in [-0.05, 0) is 79.7 Å². The summed E-state index contributed by atoms with van der Waals surface area (Å²) in [5.41, 5.74) is 4.87. The summed E-state index contributed by atoms with van der Waals surface area (Å²) >= 11 is 2.08. The molecule has 0 bridgehead atoms. The fourth-order valence-corrected chi connectivity index (χ4v) is 6.59. The maximum Gasteiger partial charge on any atom is 0.157 e. The van der Waals surface area contributed by atoms with Gasteiger partial charge in [-0.2, -0.15) is 11.8 Å². The van der Waals surface area contributed by atoms with Crippen LogP contribution in [0.25, 0.3) is 33.5 Å². The number of hydrogen-bond acceptors (Lipinski definition) is 4. The first-order chi connectivity index (χ1) is 16.7. The molecule has 1 saturated carbocycles. The van der Waals surface area contributed by atoms with Crippen molar-refractivity contribution >= 4 is 40.0 Å². The van der Waals surface area contributed by atoms with Crippen LogP contribution < -0.4 is 4.74 Å². The number of hydrogen-bond donors (Lipinski definition) is 0. The van der Waals surface area contributed by atoms with E-state index in [9.17, 15) is 4.79 Å². The lowest BCUT2D eigenvalue weighted by Crippen LogP contribution is -2.14. The van der Waals surface area contributed by atoms with E-state index in [1.165, 1.54) is 53.8 Å². The molecule has 6 rings (SSSR count). The summed E-state index contributed by atoms with van der Waals surface area (Å²) in [6, 6.07) is 14.7. The SMILES string of the molecule is COc1cc(C=O)cc2nc(-c3cc4ccccc4n3CC3CC3)n(CCC3CCSCC3)c12. The van der Waals surface area contributed by atoms with E-state index in [1.54, 1.807) is 7.11 Å². The normalized spacial score (nSPS) is 17.0. The highest BCUT2D eigenvalue weighted by Gasteiger charge is 2.27. The van der Waals surface area contributed by atoms with Gasteiger partial charge in [0.2, 0.25) is 0 Å². The van der Waals surface area contributed by atoms with E-state index in [0.29, 0.717) is 5.56 Å². The summed E-state index contributed by atoms with van der Waals surface area (Å²) in [5.74, 6) is 5.75. The lowest BCUT2D eigenvalue weighted by molar-refractivity contribution is 0.112. The number of aldehydes is 1. The second-order valence-corrected chi connectivity index (χ2v) is 11.0. The van der Waals surface area contributed by atoms with Crippen molar-refractivity contribution in [1.82, 2.24) is 14.1 Å². The molecule has 4 aromatic rings. The van der Waals surface area contributed by atoms with Crippen molar-refractivity contribution in [2.45, 2.75) is 45.2 Å². The van der Waals surface area contributed by atoms with Gasteiger partial charge in [0.05, 0.1) is 18.3 Å². The molecule has 2 aliphatic rings. The number of nitrogens with zero attached hydrogens (tertiary/aromatic N) is 3. The smallest absolute Gasteiger partial charge is 0.157 e. The quantitative estimate of drug-likeness (QED) is 0.277. The molecule has 0 spiro atoms. The number of ether oxygens (including phenoxy) is 1. The van der Waals surface area contributed by atoms with Crippen LogP contribution >= 0.6 is 11.8 Å². The summed E-state index contributed by atoms with van der Waals surface area (Å²) in [7, 11) is 1.68. The van der Waals surface area contributed by atoms with Crippen molar-refractivity contribution in [1.29, 1.82) is 0 Å². The third kappa shape index (κ3) is 4.02. The zero-order valence-electron chi connectivity index (χ0n) is 19.7. The van der Waals surface area contributed by atoms with E-state index in [1.807, 2.05) is 12.1 Å². The second kappa shape index (κ2) is 9.14. The maximum absolute atomic E-state index is 11.6. The Morgan fingerprint density at radius 1 is 1.06 bits per heavy atom. The van der Waals surface area contributed by atoms with Crippen LogP contribution in [0.15, 0.2) is 42.5 Å². The molecule has 1 aliphatic heterocycles. The van der Waals surface area contributed by atoms with Crippen LogP contribution in [0.2, 0.25) is 0 Å². The average molecular weight is 474 g/mol. The number of fused-ring (bicyclic) bond motifs is 2. The molecule has 3 heterocycles. The third-order valence-corrected chi connectivity index (χ3v) is 8.51. The van der Waals surface area contributed by atoms with Crippen molar-refractivity contribution in [2.75, 3.05) is 18.6 Å². The molecule has 6 heteroatoms. The van der Waals surface area contributed by atoms with Gasteiger partial charge in [0.25, 0.3) is 0 Å². The van der Waals surface area contributed by atoms with Crippen molar-refractivity contribution in [3.8, 4) is 17.3 Å². The molecule has 2 aromatic heterocycles. The minimum atomic E-state index is 0.600. The molecule has 34 heavy (non-hydrogen) atoms. The number of carbonyl (C=O) groups is 1. The van der Waals surface area contributed by atoms with Gasteiger partial charge in [-0.25, -0.2) is 4.98 Å². The van der Waals surface area contributed by atoms with Gasteiger partial charge in [0.15, 0.2) is 5.82 Å². The highest BCUT2D eigenvalue weighted by molar-refractivity contribution is 7.99. The van der Waals surface area contributed by atoms with Gasteiger partial charge in [-0.1, -0.05) is 18.2 Å². The summed E-state index contributed by atoms with van der Waals surface area (Å²) < 4.78 is 10.6. The van der Waals surface area contributed by atoms with Crippen molar-refractivity contribution in [3.05, 3.63) is 48.0 Å². The van der Waals surface area contributed by atoms with E-state index in [0.717, 1.165) is 60.2 Å².